The summed E-state index contributed by atoms with van der Waals surface area (Å²) in [5, 5.41) is 9.29. The van der Waals surface area contributed by atoms with E-state index in [0.717, 1.165) is 22.7 Å². The molecule has 0 spiro atoms. The predicted molar refractivity (Wildman–Crippen MR) is 66.5 cm³/mol. The molecule has 1 aromatic heterocycles. The van der Waals surface area contributed by atoms with Crippen LogP contribution in [-0.4, -0.2) is 16.1 Å². The van der Waals surface area contributed by atoms with E-state index in [0.29, 0.717) is 0 Å². The normalized spacial score (nSPS) is 10.3. The number of pyridine rings is 1. The number of halogens is 1. The molecule has 1 N–H and O–H groups in total. The minimum atomic E-state index is -1.18. The van der Waals surface area contributed by atoms with Gasteiger partial charge in [-0.1, -0.05) is 29.5 Å². The Morgan fingerprint density at radius 3 is 2.83 bits per heavy atom. The van der Waals surface area contributed by atoms with E-state index in [1.54, 1.807) is 0 Å². The standard InChI is InChI=1S/C13H10FNO2S/c1-8-3-2-4-10(5-8)18-12-11(13(16)17)6-9(14)7-15-12/h2-7H,1H3,(H,16,17). The molecule has 0 atom stereocenters. The first kappa shape index (κ1) is 12.6. The lowest BCUT2D eigenvalue weighted by atomic mass is 10.2. The van der Waals surface area contributed by atoms with Crippen molar-refractivity contribution in [3.05, 3.63) is 53.5 Å². The van der Waals surface area contributed by atoms with Crippen molar-refractivity contribution >= 4 is 17.7 Å². The first-order chi connectivity index (χ1) is 8.56. The fourth-order valence-electron chi connectivity index (χ4n) is 1.45. The Labute approximate surface area is 108 Å². The second-order valence-corrected chi connectivity index (χ2v) is 4.79. The lowest BCUT2D eigenvalue weighted by Crippen LogP contribution is -2.01. The number of aromatic carboxylic acids is 1. The molecule has 0 saturated carbocycles. The number of aromatic nitrogens is 1. The molecule has 0 bridgehead atoms. The number of rotatable bonds is 3. The van der Waals surface area contributed by atoms with E-state index in [2.05, 4.69) is 4.98 Å². The third-order valence-corrected chi connectivity index (χ3v) is 3.26. The van der Waals surface area contributed by atoms with E-state index in [1.807, 2.05) is 31.2 Å². The Kier molecular flexibility index (Phi) is 3.62. The summed E-state index contributed by atoms with van der Waals surface area (Å²) in [6.07, 6.45) is 1.02. The molecule has 0 saturated heterocycles. The van der Waals surface area contributed by atoms with Gasteiger partial charge in [0.05, 0.1) is 11.8 Å². The van der Waals surface area contributed by atoms with Crippen LogP contribution in [0, 0.1) is 12.7 Å². The monoisotopic (exact) mass is 263 g/mol. The van der Waals surface area contributed by atoms with Gasteiger partial charge in [0.15, 0.2) is 0 Å². The molecule has 2 aromatic rings. The number of aryl methyl sites for hydroxylation is 1. The molecule has 92 valence electrons. The van der Waals surface area contributed by atoms with Gasteiger partial charge in [-0.3, -0.25) is 0 Å². The highest BCUT2D eigenvalue weighted by molar-refractivity contribution is 7.99. The Bertz CT molecular complexity index is 601. The average Bonchev–Trinajstić information content (AvgIpc) is 2.31. The molecule has 2 rings (SSSR count). The Balaban J connectivity index is 2.37. The van der Waals surface area contributed by atoms with Crippen LogP contribution in [0.4, 0.5) is 4.39 Å². The third kappa shape index (κ3) is 2.87. The largest absolute Gasteiger partial charge is 0.478 e. The molecule has 5 heteroatoms. The summed E-state index contributed by atoms with van der Waals surface area (Å²) < 4.78 is 13.0. The van der Waals surface area contributed by atoms with Crippen LogP contribution in [0.15, 0.2) is 46.5 Å². The van der Waals surface area contributed by atoms with Gasteiger partial charge >= 0.3 is 5.97 Å². The van der Waals surface area contributed by atoms with E-state index >= 15 is 0 Å². The number of carbonyl (C=O) groups is 1. The second kappa shape index (κ2) is 5.18. The molecule has 1 aromatic carbocycles. The van der Waals surface area contributed by atoms with Crippen LogP contribution < -0.4 is 0 Å². The van der Waals surface area contributed by atoms with Crippen LogP contribution in [0.2, 0.25) is 0 Å². The number of carboxylic acid groups (broad SMARTS) is 1. The Hall–Kier alpha value is -1.88. The average molecular weight is 263 g/mol. The highest BCUT2D eigenvalue weighted by atomic mass is 32.2. The zero-order valence-corrected chi connectivity index (χ0v) is 10.4. The highest BCUT2D eigenvalue weighted by Crippen LogP contribution is 2.29. The zero-order valence-electron chi connectivity index (χ0n) is 9.55. The Morgan fingerprint density at radius 2 is 2.17 bits per heavy atom. The van der Waals surface area contributed by atoms with Crippen molar-refractivity contribution in [3.63, 3.8) is 0 Å². The maximum atomic E-state index is 13.0. The topological polar surface area (TPSA) is 50.2 Å². The van der Waals surface area contributed by atoms with Crippen molar-refractivity contribution in [2.45, 2.75) is 16.8 Å². The number of carboxylic acids is 1. The fraction of sp³-hybridized carbons (Fsp3) is 0.0769. The summed E-state index contributed by atoms with van der Waals surface area (Å²) in [7, 11) is 0. The van der Waals surface area contributed by atoms with Crippen molar-refractivity contribution in [2.24, 2.45) is 0 Å². The van der Waals surface area contributed by atoms with Crippen molar-refractivity contribution in [1.82, 2.24) is 4.98 Å². The Morgan fingerprint density at radius 1 is 1.39 bits per heavy atom. The number of benzene rings is 1. The summed E-state index contributed by atoms with van der Waals surface area (Å²) in [5.41, 5.74) is 0.945. The van der Waals surface area contributed by atoms with Crippen molar-refractivity contribution in [1.29, 1.82) is 0 Å². The molecule has 3 nitrogen and oxygen atoms in total. The van der Waals surface area contributed by atoms with Crippen LogP contribution >= 0.6 is 11.8 Å². The molecule has 0 aliphatic heterocycles. The van der Waals surface area contributed by atoms with Crippen LogP contribution in [0.5, 0.6) is 0 Å². The smallest absolute Gasteiger partial charge is 0.338 e. The van der Waals surface area contributed by atoms with Gasteiger partial charge in [0.2, 0.25) is 0 Å². The molecular weight excluding hydrogens is 253 g/mol. The molecule has 1 heterocycles. The van der Waals surface area contributed by atoms with Gasteiger partial charge in [0.25, 0.3) is 0 Å². The van der Waals surface area contributed by atoms with Crippen molar-refractivity contribution in [2.75, 3.05) is 0 Å². The first-order valence-electron chi connectivity index (χ1n) is 5.19. The zero-order chi connectivity index (χ0) is 13.1. The summed E-state index contributed by atoms with van der Waals surface area (Å²) >= 11 is 1.21. The minimum absolute atomic E-state index is 0.124. The van der Waals surface area contributed by atoms with Gasteiger partial charge in [-0.25, -0.2) is 14.2 Å². The van der Waals surface area contributed by atoms with Gasteiger partial charge in [0.1, 0.15) is 10.8 Å². The quantitative estimate of drug-likeness (QED) is 0.922. The van der Waals surface area contributed by atoms with E-state index in [4.69, 9.17) is 5.11 Å². The van der Waals surface area contributed by atoms with Crippen LogP contribution in [0.25, 0.3) is 0 Å². The third-order valence-electron chi connectivity index (χ3n) is 2.25. The van der Waals surface area contributed by atoms with Crippen molar-refractivity contribution < 1.29 is 14.3 Å². The van der Waals surface area contributed by atoms with Gasteiger partial charge in [0, 0.05) is 4.90 Å². The maximum Gasteiger partial charge on any atom is 0.338 e. The minimum Gasteiger partial charge on any atom is -0.478 e. The van der Waals surface area contributed by atoms with Crippen LogP contribution in [0.3, 0.4) is 0 Å². The maximum absolute atomic E-state index is 13.0. The predicted octanol–water partition coefficient (Wildman–Crippen LogP) is 3.38. The van der Waals surface area contributed by atoms with E-state index in [1.165, 1.54) is 11.8 Å². The van der Waals surface area contributed by atoms with E-state index in [-0.39, 0.29) is 10.6 Å². The summed E-state index contributed by atoms with van der Waals surface area (Å²) in [6.45, 7) is 1.94. The SMILES string of the molecule is Cc1cccc(Sc2ncc(F)cc2C(=O)O)c1. The van der Waals surface area contributed by atoms with E-state index in [9.17, 15) is 9.18 Å². The fourth-order valence-corrected chi connectivity index (χ4v) is 2.43. The molecule has 0 amide bonds. The summed E-state index contributed by atoms with van der Waals surface area (Å²) in [4.78, 5) is 15.7. The van der Waals surface area contributed by atoms with Gasteiger partial charge in [-0.05, 0) is 25.1 Å². The van der Waals surface area contributed by atoms with E-state index < -0.39 is 11.8 Å². The van der Waals surface area contributed by atoms with Crippen LogP contribution in [-0.2, 0) is 0 Å². The summed E-state index contributed by atoms with van der Waals surface area (Å²) in [5.74, 6) is -1.84. The van der Waals surface area contributed by atoms with Gasteiger partial charge < -0.3 is 5.11 Å². The number of hydrogen-bond donors (Lipinski definition) is 1. The molecular formula is C13H10FNO2S. The van der Waals surface area contributed by atoms with Crippen LogP contribution in [0.1, 0.15) is 15.9 Å². The molecule has 18 heavy (non-hydrogen) atoms. The lowest BCUT2D eigenvalue weighted by Gasteiger charge is -2.05. The molecule has 0 fully saturated rings. The van der Waals surface area contributed by atoms with Gasteiger partial charge in [-0.2, -0.15) is 0 Å². The summed E-state index contributed by atoms with van der Waals surface area (Å²) in [6, 6.07) is 8.57. The highest BCUT2D eigenvalue weighted by Gasteiger charge is 2.14. The van der Waals surface area contributed by atoms with Crippen molar-refractivity contribution in [3.8, 4) is 0 Å². The lowest BCUT2D eigenvalue weighted by molar-refractivity contribution is 0.0691. The number of hydrogen-bond acceptors (Lipinski definition) is 3. The molecule has 0 aliphatic carbocycles. The molecule has 0 radical (unpaired) electrons. The first-order valence-corrected chi connectivity index (χ1v) is 6.01. The van der Waals surface area contributed by atoms with Gasteiger partial charge in [-0.15, -0.1) is 0 Å². The second-order valence-electron chi connectivity index (χ2n) is 3.73. The molecule has 0 unspecified atom stereocenters. The molecule has 0 aliphatic rings. The number of nitrogens with zero attached hydrogens (tertiary/aromatic N) is 1.